The summed E-state index contributed by atoms with van der Waals surface area (Å²) in [5.41, 5.74) is 0. The number of carbonyl (C=O) groups excluding carboxylic acids is 1. The summed E-state index contributed by atoms with van der Waals surface area (Å²) in [5, 5.41) is 2.68. The summed E-state index contributed by atoms with van der Waals surface area (Å²) in [6, 6.07) is -0.585. The molecule has 0 rings (SSSR count). The lowest BCUT2D eigenvalue weighted by molar-refractivity contribution is -0.122. The molecule has 0 aliphatic carbocycles. The minimum Gasteiger partial charge on any atom is -0.350 e. The van der Waals surface area contributed by atoms with Gasteiger partial charge in [0.1, 0.15) is 0 Å². The van der Waals surface area contributed by atoms with Crippen LogP contribution < -0.4 is 5.32 Å². The number of carbonyl (C=O) groups is 1. The summed E-state index contributed by atoms with van der Waals surface area (Å²) in [6.45, 7) is 1.95. The molecule has 0 aromatic heterocycles. The van der Waals surface area contributed by atoms with Gasteiger partial charge in [0.05, 0.1) is 12.6 Å². The second-order valence-corrected chi connectivity index (χ2v) is 9.03. The van der Waals surface area contributed by atoms with Crippen LogP contribution in [-0.4, -0.2) is 28.3 Å². The number of hydrogen-bond donors (Lipinski definition) is 3. The van der Waals surface area contributed by atoms with Crippen LogP contribution in [0.2, 0.25) is 0 Å². The molecule has 3 N–H and O–H groups in total. The smallest absolute Gasteiger partial charge is 0.350 e. The predicted octanol–water partition coefficient (Wildman–Crippen LogP) is 5.64. The zero-order valence-electron chi connectivity index (χ0n) is 18.7. The number of amides is 1. The highest BCUT2D eigenvalue weighted by molar-refractivity contribution is 7.46. The van der Waals surface area contributed by atoms with Gasteiger partial charge in [-0.1, -0.05) is 70.4 Å². The van der Waals surface area contributed by atoms with Gasteiger partial charge in [-0.05, 0) is 32.1 Å². The second kappa shape index (κ2) is 19.8. The first-order chi connectivity index (χ1) is 14.4. The van der Waals surface area contributed by atoms with E-state index in [1.807, 2.05) is 0 Å². The van der Waals surface area contributed by atoms with Crippen molar-refractivity contribution in [2.24, 2.45) is 0 Å². The maximum atomic E-state index is 11.9. The van der Waals surface area contributed by atoms with Crippen LogP contribution in [0.15, 0.2) is 12.2 Å². The fraction of sp³-hybridized carbons (Fsp3) is 0.783. The van der Waals surface area contributed by atoms with E-state index in [4.69, 9.17) is 16.2 Å². The molecule has 0 aliphatic heterocycles. The van der Waals surface area contributed by atoms with Crippen molar-refractivity contribution in [2.45, 2.75) is 109 Å². The Labute approximate surface area is 183 Å². The molecule has 0 bridgehead atoms. The molecule has 30 heavy (non-hydrogen) atoms. The van der Waals surface area contributed by atoms with E-state index >= 15 is 0 Å². The van der Waals surface area contributed by atoms with Crippen LogP contribution in [0.1, 0.15) is 103 Å². The van der Waals surface area contributed by atoms with Crippen LogP contribution in [0.4, 0.5) is 0 Å². The minimum absolute atomic E-state index is 0.165. The summed E-state index contributed by atoms with van der Waals surface area (Å²) >= 11 is 0. The molecule has 1 amide bonds. The number of terminal acetylenes is 1. The third-order valence-corrected chi connectivity index (χ3v) is 5.32. The maximum Gasteiger partial charge on any atom is 0.469 e. The largest absolute Gasteiger partial charge is 0.469 e. The molecule has 174 valence electrons. The van der Waals surface area contributed by atoms with Crippen LogP contribution in [0, 0.1) is 12.3 Å². The Morgan fingerprint density at radius 3 is 2.07 bits per heavy atom. The second-order valence-electron chi connectivity index (χ2n) is 7.79. The summed E-state index contributed by atoms with van der Waals surface area (Å²) in [7, 11) is -4.56. The fourth-order valence-electron chi connectivity index (χ4n) is 3.14. The molecule has 0 saturated carbocycles. The van der Waals surface area contributed by atoms with Gasteiger partial charge >= 0.3 is 7.82 Å². The van der Waals surface area contributed by atoms with Crippen LogP contribution in [-0.2, 0) is 13.9 Å². The molecule has 0 aliphatic rings. The number of nitrogens with one attached hydrogen (secondary N) is 1. The minimum atomic E-state index is -4.56. The highest BCUT2D eigenvalue weighted by atomic mass is 31.2. The Morgan fingerprint density at radius 2 is 1.53 bits per heavy atom. The highest BCUT2D eigenvalue weighted by Crippen LogP contribution is 2.35. The van der Waals surface area contributed by atoms with Crippen molar-refractivity contribution in [1.29, 1.82) is 0 Å². The lowest BCUT2D eigenvalue weighted by atomic mass is 10.1. The summed E-state index contributed by atoms with van der Waals surface area (Å²) in [6.07, 6.45) is 26.0. The number of hydrogen-bond acceptors (Lipinski definition) is 3. The average molecular weight is 444 g/mol. The molecule has 0 aromatic carbocycles. The molecule has 0 saturated heterocycles. The molecule has 0 unspecified atom stereocenters. The molecular formula is C23H42NO5P. The number of unbranched alkanes of at least 4 members (excludes halogenated alkanes) is 11. The van der Waals surface area contributed by atoms with E-state index in [0.29, 0.717) is 6.42 Å². The SMILES string of the molecule is C#CC[C@H](COP(=O)(O)O)NC(=O)CCCCCCC/C=C\CCCCCCCC. The van der Waals surface area contributed by atoms with E-state index in [9.17, 15) is 9.36 Å². The van der Waals surface area contributed by atoms with Crippen molar-refractivity contribution in [1.82, 2.24) is 5.32 Å². The molecule has 7 heteroatoms. The van der Waals surface area contributed by atoms with Crippen molar-refractivity contribution in [3.8, 4) is 12.3 Å². The molecule has 0 radical (unpaired) electrons. The van der Waals surface area contributed by atoms with Crippen molar-refractivity contribution >= 4 is 13.7 Å². The highest BCUT2D eigenvalue weighted by Gasteiger charge is 2.19. The van der Waals surface area contributed by atoms with Crippen LogP contribution >= 0.6 is 7.82 Å². The first-order valence-corrected chi connectivity index (χ1v) is 13.0. The molecule has 6 nitrogen and oxygen atoms in total. The van der Waals surface area contributed by atoms with E-state index in [-0.39, 0.29) is 18.9 Å². The fourth-order valence-corrected chi connectivity index (χ4v) is 3.51. The zero-order chi connectivity index (χ0) is 22.5. The van der Waals surface area contributed by atoms with Gasteiger partial charge in [0.25, 0.3) is 0 Å². The molecular weight excluding hydrogens is 401 g/mol. The molecule has 0 spiro atoms. The lowest BCUT2D eigenvalue weighted by Gasteiger charge is -2.16. The first kappa shape index (κ1) is 28.9. The Morgan fingerprint density at radius 1 is 1.00 bits per heavy atom. The normalized spacial score (nSPS) is 12.7. The van der Waals surface area contributed by atoms with Gasteiger partial charge < -0.3 is 15.1 Å². The van der Waals surface area contributed by atoms with Gasteiger partial charge in [-0.15, -0.1) is 12.3 Å². The van der Waals surface area contributed by atoms with Crippen molar-refractivity contribution < 1.29 is 23.7 Å². The van der Waals surface area contributed by atoms with E-state index in [1.165, 1.54) is 57.8 Å². The van der Waals surface area contributed by atoms with Gasteiger partial charge in [-0.25, -0.2) is 4.57 Å². The quantitative estimate of drug-likeness (QED) is 0.0979. The van der Waals surface area contributed by atoms with Gasteiger partial charge in [0.15, 0.2) is 0 Å². The third-order valence-electron chi connectivity index (χ3n) is 4.84. The Bertz CT molecular complexity index is 538. The lowest BCUT2D eigenvalue weighted by Crippen LogP contribution is -2.37. The average Bonchev–Trinajstić information content (AvgIpc) is 2.68. The van der Waals surface area contributed by atoms with E-state index in [0.717, 1.165) is 25.7 Å². The Hall–Kier alpha value is -1.12. The number of phosphoric ester groups is 1. The van der Waals surface area contributed by atoms with Gasteiger partial charge in [0.2, 0.25) is 5.91 Å². The van der Waals surface area contributed by atoms with Crippen LogP contribution in [0.5, 0.6) is 0 Å². The zero-order valence-corrected chi connectivity index (χ0v) is 19.6. The van der Waals surface area contributed by atoms with E-state index in [1.54, 1.807) is 0 Å². The molecule has 0 fully saturated rings. The van der Waals surface area contributed by atoms with Gasteiger partial charge in [-0.2, -0.15) is 0 Å². The van der Waals surface area contributed by atoms with Crippen molar-refractivity contribution in [3.05, 3.63) is 12.2 Å². The third kappa shape index (κ3) is 21.6. The van der Waals surface area contributed by atoms with Gasteiger partial charge in [0, 0.05) is 12.8 Å². The molecule has 0 heterocycles. The van der Waals surface area contributed by atoms with Crippen LogP contribution in [0.3, 0.4) is 0 Å². The maximum absolute atomic E-state index is 11.9. The summed E-state index contributed by atoms with van der Waals surface area (Å²) in [4.78, 5) is 29.4. The van der Waals surface area contributed by atoms with E-state index in [2.05, 4.69) is 34.8 Å². The predicted molar refractivity (Wildman–Crippen MR) is 123 cm³/mol. The van der Waals surface area contributed by atoms with Crippen molar-refractivity contribution in [2.75, 3.05) is 6.61 Å². The number of rotatable bonds is 20. The standard InChI is InChI=1S/C23H42NO5P/c1-3-5-6-7-8-9-10-11-12-13-14-15-16-17-18-20-23(25)24-22(19-4-2)21-29-30(26,27)28/h2,11-12,22H,3,5-10,13-21H2,1H3,(H,24,25)(H2,26,27,28)/b12-11-/t22-/m1/s1. The van der Waals surface area contributed by atoms with Gasteiger partial charge in [-0.3, -0.25) is 9.32 Å². The summed E-state index contributed by atoms with van der Waals surface area (Å²) < 4.78 is 15.2. The van der Waals surface area contributed by atoms with E-state index < -0.39 is 13.9 Å². The summed E-state index contributed by atoms with van der Waals surface area (Å²) in [5.74, 6) is 2.21. The topological polar surface area (TPSA) is 95.9 Å². The number of allylic oxidation sites excluding steroid dienone is 2. The van der Waals surface area contributed by atoms with Crippen LogP contribution in [0.25, 0.3) is 0 Å². The monoisotopic (exact) mass is 443 g/mol. The molecule has 0 aromatic rings. The molecule has 1 atom stereocenters. The Kier molecular flexibility index (Phi) is 19.1. The van der Waals surface area contributed by atoms with Crippen molar-refractivity contribution in [3.63, 3.8) is 0 Å². The number of phosphoric acid groups is 1. The Balaban J connectivity index is 3.60. The first-order valence-electron chi connectivity index (χ1n) is 11.5.